The van der Waals surface area contributed by atoms with Crippen LogP contribution in [-0.2, 0) is 17.9 Å². The molecule has 0 amide bonds. The molecule has 5 heteroatoms. The second-order valence-electron chi connectivity index (χ2n) is 4.11. The second-order valence-corrected chi connectivity index (χ2v) is 4.11. The minimum absolute atomic E-state index is 0.0212. The number of hydrogen-bond acceptors (Lipinski definition) is 3. The standard InChI is InChI=1S/C14H23N3O2/c1-2-19-9-5-8-16-14(15)17-10-12-6-3-4-7-13(12)11-18/h3-4,6-7,18H,2,5,8-11H2,1H3,(H3,15,16,17). The molecule has 0 aliphatic heterocycles. The van der Waals surface area contributed by atoms with Crippen molar-refractivity contribution in [1.82, 2.24) is 5.32 Å². The Labute approximate surface area is 114 Å². The number of rotatable bonds is 8. The Morgan fingerprint density at radius 3 is 2.79 bits per heavy atom. The van der Waals surface area contributed by atoms with Crippen LogP contribution in [0.5, 0.6) is 0 Å². The van der Waals surface area contributed by atoms with Crippen molar-refractivity contribution in [3.8, 4) is 0 Å². The summed E-state index contributed by atoms with van der Waals surface area (Å²) in [6.07, 6.45) is 0.900. The molecular formula is C14H23N3O2. The van der Waals surface area contributed by atoms with E-state index in [-0.39, 0.29) is 6.61 Å². The molecule has 0 aromatic heterocycles. The van der Waals surface area contributed by atoms with Crippen LogP contribution in [0.1, 0.15) is 24.5 Å². The highest BCUT2D eigenvalue weighted by molar-refractivity contribution is 5.77. The van der Waals surface area contributed by atoms with Gasteiger partial charge in [0.25, 0.3) is 0 Å². The molecule has 1 aromatic carbocycles. The molecule has 19 heavy (non-hydrogen) atoms. The van der Waals surface area contributed by atoms with Crippen LogP contribution >= 0.6 is 0 Å². The van der Waals surface area contributed by atoms with Crippen LogP contribution in [0.2, 0.25) is 0 Å². The fraction of sp³-hybridized carbons (Fsp3) is 0.500. The first-order valence-electron chi connectivity index (χ1n) is 6.57. The Kier molecular flexibility index (Phi) is 7.62. The molecule has 0 spiro atoms. The molecule has 0 radical (unpaired) electrons. The minimum Gasteiger partial charge on any atom is -0.392 e. The highest BCUT2D eigenvalue weighted by Crippen LogP contribution is 2.09. The van der Waals surface area contributed by atoms with E-state index in [1.165, 1.54) is 0 Å². The normalized spacial score (nSPS) is 11.6. The van der Waals surface area contributed by atoms with Crippen LogP contribution in [-0.4, -0.2) is 30.8 Å². The molecule has 0 heterocycles. The molecule has 1 aromatic rings. The average molecular weight is 265 g/mol. The molecule has 0 saturated carbocycles. The number of aliphatic hydroxyl groups is 1. The molecule has 4 N–H and O–H groups in total. The van der Waals surface area contributed by atoms with Crippen molar-refractivity contribution in [1.29, 1.82) is 0 Å². The molecule has 0 unspecified atom stereocenters. The summed E-state index contributed by atoms with van der Waals surface area (Å²) in [6.45, 7) is 4.68. The molecule has 0 bridgehead atoms. The topological polar surface area (TPSA) is 79.9 Å². The SMILES string of the molecule is CCOCCCNC(N)=NCc1ccccc1CO. The van der Waals surface area contributed by atoms with Crippen LogP contribution in [0.25, 0.3) is 0 Å². The van der Waals surface area contributed by atoms with Gasteiger partial charge in [0.1, 0.15) is 0 Å². The Bertz CT molecular complexity index is 394. The number of nitrogens with one attached hydrogen (secondary N) is 1. The van der Waals surface area contributed by atoms with Crippen LogP contribution in [0.15, 0.2) is 29.3 Å². The molecule has 1 rings (SSSR count). The van der Waals surface area contributed by atoms with Crippen molar-refractivity contribution < 1.29 is 9.84 Å². The zero-order chi connectivity index (χ0) is 13.9. The van der Waals surface area contributed by atoms with E-state index in [0.717, 1.165) is 37.3 Å². The monoisotopic (exact) mass is 265 g/mol. The van der Waals surface area contributed by atoms with Gasteiger partial charge in [-0.3, -0.25) is 0 Å². The van der Waals surface area contributed by atoms with Crippen LogP contribution in [0.3, 0.4) is 0 Å². The second kappa shape index (κ2) is 9.35. The summed E-state index contributed by atoms with van der Waals surface area (Å²) < 4.78 is 5.23. The zero-order valence-electron chi connectivity index (χ0n) is 11.4. The van der Waals surface area contributed by atoms with Gasteiger partial charge >= 0.3 is 0 Å². The van der Waals surface area contributed by atoms with Crippen LogP contribution < -0.4 is 11.1 Å². The van der Waals surface area contributed by atoms with E-state index in [2.05, 4.69) is 10.3 Å². The largest absolute Gasteiger partial charge is 0.392 e. The van der Waals surface area contributed by atoms with E-state index in [9.17, 15) is 5.11 Å². The number of guanidine groups is 1. The summed E-state index contributed by atoms with van der Waals surface area (Å²) in [5, 5.41) is 12.2. The lowest BCUT2D eigenvalue weighted by atomic mass is 10.1. The maximum Gasteiger partial charge on any atom is 0.188 e. The maximum absolute atomic E-state index is 9.20. The molecule has 0 aliphatic carbocycles. The Balaban J connectivity index is 2.34. The Morgan fingerprint density at radius 2 is 2.11 bits per heavy atom. The summed E-state index contributed by atoms with van der Waals surface area (Å²) >= 11 is 0. The van der Waals surface area contributed by atoms with Gasteiger partial charge in [-0.15, -0.1) is 0 Å². The van der Waals surface area contributed by atoms with Crippen molar-refractivity contribution in [3.63, 3.8) is 0 Å². The molecule has 5 nitrogen and oxygen atoms in total. The van der Waals surface area contributed by atoms with Crippen LogP contribution in [0.4, 0.5) is 0 Å². The van der Waals surface area contributed by atoms with Gasteiger partial charge in [0, 0.05) is 19.8 Å². The van der Waals surface area contributed by atoms with Gasteiger partial charge in [-0.25, -0.2) is 4.99 Å². The number of nitrogens with zero attached hydrogens (tertiary/aromatic N) is 1. The number of nitrogens with two attached hydrogens (primary N) is 1. The zero-order valence-corrected chi connectivity index (χ0v) is 11.4. The summed E-state index contributed by atoms with van der Waals surface area (Å²) in [4.78, 5) is 4.25. The molecular weight excluding hydrogens is 242 g/mol. The highest BCUT2D eigenvalue weighted by Gasteiger charge is 1.99. The predicted molar refractivity (Wildman–Crippen MR) is 76.8 cm³/mol. The van der Waals surface area contributed by atoms with Gasteiger partial charge in [-0.2, -0.15) is 0 Å². The third kappa shape index (κ3) is 6.22. The van der Waals surface area contributed by atoms with E-state index < -0.39 is 0 Å². The quantitative estimate of drug-likeness (QED) is 0.372. The van der Waals surface area contributed by atoms with Gasteiger partial charge < -0.3 is 20.9 Å². The first kappa shape index (κ1) is 15.5. The van der Waals surface area contributed by atoms with E-state index in [0.29, 0.717) is 12.5 Å². The van der Waals surface area contributed by atoms with Crippen molar-refractivity contribution >= 4 is 5.96 Å². The molecule has 0 atom stereocenters. The fourth-order valence-corrected chi connectivity index (χ4v) is 1.63. The molecule has 106 valence electrons. The Morgan fingerprint density at radius 1 is 1.37 bits per heavy atom. The number of hydrogen-bond donors (Lipinski definition) is 3. The first-order valence-corrected chi connectivity index (χ1v) is 6.57. The fourth-order valence-electron chi connectivity index (χ4n) is 1.63. The number of ether oxygens (including phenoxy) is 1. The third-order valence-electron chi connectivity index (χ3n) is 2.68. The molecule has 0 aliphatic rings. The number of aliphatic imine (C=N–C) groups is 1. The lowest BCUT2D eigenvalue weighted by Gasteiger charge is -2.07. The van der Waals surface area contributed by atoms with Gasteiger partial charge in [-0.05, 0) is 24.5 Å². The van der Waals surface area contributed by atoms with Crippen molar-refractivity contribution in [3.05, 3.63) is 35.4 Å². The first-order chi connectivity index (χ1) is 9.27. The molecule has 0 saturated heterocycles. The van der Waals surface area contributed by atoms with Crippen molar-refractivity contribution in [2.45, 2.75) is 26.5 Å². The van der Waals surface area contributed by atoms with Gasteiger partial charge in [0.2, 0.25) is 0 Å². The van der Waals surface area contributed by atoms with Crippen molar-refractivity contribution in [2.75, 3.05) is 19.8 Å². The van der Waals surface area contributed by atoms with E-state index >= 15 is 0 Å². The van der Waals surface area contributed by atoms with Gasteiger partial charge in [-0.1, -0.05) is 24.3 Å². The van der Waals surface area contributed by atoms with Crippen LogP contribution in [0, 0.1) is 0 Å². The predicted octanol–water partition coefficient (Wildman–Crippen LogP) is 1.01. The lowest BCUT2D eigenvalue weighted by Crippen LogP contribution is -2.32. The Hall–Kier alpha value is -1.59. The summed E-state index contributed by atoms with van der Waals surface area (Å²) in [6, 6.07) is 7.65. The maximum atomic E-state index is 9.20. The number of aliphatic hydroxyl groups excluding tert-OH is 1. The van der Waals surface area contributed by atoms with E-state index in [1.54, 1.807) is 0 Å². The average Bonchev–Trinajstić information content (AvgIpc) is 2.45. The summed E-state index contributed by atoms with van der Waals surface area (Å²) in [5.41, 5.74) is 7.64. The summed E-state index contributed by atoms with van der Waals surface area (Å²) in [5.74, 6) is 0.421. The lowest BCUT2D eigenvalue weighted by molar-refractivity contribution is 0.145. The minimum atomic E-state index is 0.0212. The van der Waals surface area contributed by atoms with Gasteiger partial charge in [0.15, 0.2) is 5.96 Å². The highest BCUT2D eigenvalue weighted by atomic mass is 16.5. The third-order valence-corrected chi connectivity index (χ3v) is 2.68. The molecule has 0 fully saturated rings. The van der Waals surface area contributed by atoms with Gasteiger partial charge in [0.05, 0.1) is 13.2 Å². The summed E-state index contributed by atoms with van der Waals surface area (Å²) in [7, 11) is 0. The van der Waals surface area contributed by atoms with E-state index in [1.807, 2.05) is 31.2 Å². The van der Waals surface area contributed by atoms with E-state index in [4.69, 9.17) is 10.5 Å². The smallest absolute Gasteiger partial charge is 0.188 e. The number of benzene rings is 1. The van der Waals surface area contributed by atoms with Crippen molar-refractivity contribution in [2.24, 2.45) is 10.7 Å².